The highest BCUT2D eigenvalue weighted by Gasteiger charge is 2.21. The van der Waals surface area contributed by atoms with Gasteiger partial charge >= 0.3 is 0 Å². The predicted octanol–water partition coefficient (Wildman–Crippen LogP) is 3.83. The highest BCUT2D eigenvalue weighted by atomic mass is 16.5. The Balaban J connectivity index is 3.74. The van der Waals surface area contributed by atoms with Gasteiger partial charge in [-0.2, -0.15) is 0 Å². The Labute approximate surface area is 101 Å². The van der Waals surface area contributed by atoms with E-state index in [9.17, 15) is 4.79 Å². The fourth-order valence-corrected chi connectivity index (χ4v) is 1.43. The van der Waals surface area contributed by atoms with E-state index in [1.165, 1.54) is 19.3 Å². The second-order valence-electron chi connectivity index (χ2n) is 5.60. The summed E-state index contributed by atoms with van der Waals surface area (Å²) in [7, 11) is 0. The van der Waals surface area contributed by atoms with Gasteiger partial charge in [-0.25, -0.2) is 0 Å². The van der Waals surface area contributed by atoms with Crippen LogP contribution >= 0.6 is 0 Å². The second-order valence-corrected chi connectivity index (χ2v) is 5.60. The number of carbonyl (C=O) groups excluding carboxylic acids is 1. The molecule has 0 heterocycles. The van der Waals surface area contributed by atoms with Crippen molar-refractivity contribution in [1.29, 1.82) is 0 Å². The molecule has 0 bridgehead atoms. The molecule has 16 heavy (non-hydrogen) atoms. The van der Waals surface area contributed by atoms with E-state index < -0.39 is 0 Å². The van der Waals surface area contributed by atoms with Crippen molar-refractivity contribution in [2.45, 2.75) is 60.3 Å². The van der Waals surface area contributed by atoms with Crippen LogP contribution in [0.15, 0.2) is 0 Å². The van der Waals surface area contributed by atoms with Gasteiger partial charge in [-0.1, -0.05) is 53.9 Å². The standard InChI is InChI=1S/C14H28O2/c1-6-8-9-12(7-2)10-16-11-13(15)14(3,4)5/h12H,6-11H2,1-5H3. The molecule has 0 aromatic rings. The van der Waals surface area contributed by atoms with Crippen molar-refractivity contribution < 1.29 is 9.53 Å². The molecule has 0 aliphatic carbocycles. The highest BCUT2D eigenvalue weighted by Crippen LogP contribution is 2.16. The highest BCUT2D eigenvalue weighted by molar-refractivity contribution is 5.84. The van der Waals surface area contributed by atoms with Gasteiger partial charge in [0.1, 0.15) is 6.61 Å². The van der Waals surface area contributed by atoms with Gasteiger partial charge in [0.2, 0.25) is 0 Å². The minimum atomic E-state index is -0.273. The normalized spacial score (nSPS) is 13.8. The fraction of sp³-hybridized carbons (Fsp3) is 0.929. The first kappa shape index (κ1) is 15.6. The molecule has 0 aliphatic rings. The molecular formula is C14H28O2. The van der Waals surface area contributed by atoms with Crippen LogP contribution in [0.3, 0.4) is 0 Å². The lowest BCUT2D eigenvalue weighted by atomic mass is 9.91. The quantitative estimate of drug-likeness (QED) is 0.631. The number of hydrogen-bond acceptors (Lipinski definition) is 2. The van der Waals surface area contributed by atoms with Crippen LogP contribution in [0.25, 0.3) is 0 Å². The molecule has 0 N–H and O–H groups in total. The van der Waals surface area contributed by atoms with Crippen molar-refractivity contribution in [2.24, 2.45) is 11.3 Å². The van der Waals surface area contributed by atoms with Crippen LogP contribution in [-0.4, -0.2) is 19.0 Å². The zero-order valence-electron chi connectivity index (χ0n) is 11.6. The molecule has 96 valence electrons. The minimum absolute atomic E-state index is 0.192. The number of ketones is 1. The van der Waals surface area contributed by atoms with Crippen LogP contribution in [-0.2, 0) is 9.53 Å². The third kappa shape index (κ3) is 7.00. The largest absolute Gasteiger partial charge is 0.373 e. The maximum Gasteiger partial charge on any atom is 0.163 e. The maximum atomic E-state index is 11.6. The minimum Gasteiger partial charge on any atom is -0.373 e. The molecule has 1 unspecified atom stereocenters. The summed E-state index contributed by atoms with van der Waals surface area (Å²) < 4.78 is 5.52. The van der Waals surface area contributed by atoms with Crippen molar-refractivity contribution in [3.63, 3.8) is 0 Å². The van der Waals surface area contributed by atoms with Crippen molar-refractivity contribution in [3.05, 3.63) is 0 Å². The molecule has 0 rings (SSSR count). The number of ether oxygens (including phenoxy) is 1. The molecule has 2 nitrogen and oxygen atoms in total. The van der Waals surface area contributed by atoms with Gasteiger partial charge in [0.15, 0.2) is 5.78 Å². The van der Waals surface area contributed by atoms with Gasteiger partial charge in [0.25, 0.3) is 0 Å². The summed E-state index contributed by atoms with van der Waals surface area (Å²) in [6, 6.07) is 0. The van der Waals surface area contributed by atoms with Crippen LogP contribution in [0, 0.1) is 11.3 Å². The third-order valence-electron chi connectivity index (χ3n) is 2.97. The molecule has 0 saturated heterocycles. The summed E-state index contributed by atoms with van der Waals surface area (Å²) in [5.74, 6) is 0.811. The van der Waals surface area contributed by atoms with E-state index in [2.05, 4.69) is 13.8 Å². The molecule has 2 heteroatoms. The van der Waals surface area contributed by atoms with Crippen molar-refractivity contribution >= 4 is 5.78 Å². The number of unbranched alkanes of at least 4 members (excludes halogenated alkanes) is 1. The summed E-state index contributed by atoms with van der Waals surface area (Å²) in [5, 5.41) is 0. The monoisotopic (exact) mass is 228 g/mol. The van der Waals surface area contributed by atoms with E-state index in [1.807, 2.05) is 20.8 Å². The second kappa shape index (κ2) is 7.83. The molecular weight excluding hydrogens is 200 g/mol. The van der Waals surface area contributed by atoms with Gasteiger partial charge < -0.3 is 4.74 Å². The van der Waals surface area contributed by atoms with E-state index in [0.717, 1.165) is 13.0 Å². The summed E-state index contributed by atoms with van der Waals surface area (Å²) in [6.45, 7) is 11.2. The van der Waals surface area contributed by atoms with Gasteiger partial charge in [-0.3, -0.25) is 4.79 Å². The molecule has 0 spiro atoms. The first-order valence-corrected chi connectivity index (χ1v) is 6.52. The Morgan fingerprint density at radius 1 is 1.25 bits per heavy atom. The zero-order valence-corrected chi connectivity index (χ0v) is 11.6. The number of carbonyl (C=O) groups is 1. The van der Waals surface area contributed by atoms with Crippen molar-refractivity contribution in [3.8, 4) is 0 Å². The van der Waals surface area contributed by atoms with Gasteiger partial charge in [0.05, 0.1) is 0 Å². The molecule has 0 amide bonds. The lowest BCUT2D eigenvalue weighted by Crippen LogP contribution is -2.26. The molecule has 0 aromatic heterocycles. The van der Waals surface area contributed by atoms with Crippen molar-refractivity contribution in [2.75, 3.05) is 13.2 Å². The number of hydrogen-bond donors (Lipinski definition) is 0. The van der Waals surface area contributed by atoms with Crippen LogP contribution in [0.4, 0.5) is 0 Å². The van der Waals surface area contributed by atoms with E-state index in [4.69, 9.17) is 4.74 Å². The summed E-state index contributed by atoms with van der Waals surface area (Å²) >= 11 is 0. The van der Waals surface area contributed by atoms with Crippen LogP contribution < -0.4 is 0 Å². The van der Waals surface area contributed by atoms with Crippen LogP contribution in [0.1, 0.15) is 60.3 Å². The summed E-state index contributed by atoms with van der Waals surface area (Å²) in [4.78, 5) is 11.6. The fourth-order valence-electron chi connectivity index (χ4n) is 1.43. The van der Waals surface area contributed by atoms with E-state index in [-0.39, 0.29) is 17.8 Å². The number of Topliss-reactive ketones (excluding diaryl/α,β-unsaturated/α-hetero) is 1. The van der Waals surface area contributed by atoms with Crippen LogP contribution in [0.5, 0.6) is 0 Å². The average molecular weight is 228 g/mol. The first-order valence-electron chi connectivity index (χ1n) is 6.52. The summed E-state index contributed by atoms with van der Waals surface area (Å²) in [5.41, 5.74) is -0.273. The Morgan fingerprint density at radius 2 is 1.88 bits per heavy atom. The molecule has 0 fully saturated rings. The Kier molecular flexibility index (Phi) is 7.65. The summed E-state index contributed by atoms with van der Waals surface area (Å²) in [6.07, 6.45) is 4.85. The third-order valence-corrected chi connectivity index (χ3v) is 2.97. The van der Waals surface area contributed by atoms with E-state index in [1.54, 1.807) is 0 Å². The molecule has 0 aromatic carbocycles. The van der Waals surface area contributed by atoms with Gasteiger partial charge in [-0.15, -0.1) is 0 Å². The number of rotatable bonds is 8. The molecule has 0 saturated carbocycles. The lowest BCUT2D eigenvalue weighted by molar-refractivity contribution is -0.131. The average Bonchev–Trinajstić information content (AvgIpc) is 2.21. The Hall–Kier alpha value is -0.370. The molecule has 0 aliphatic heterocycles. The molecule has 0 radical (unpaired) electrons. The maximum absolute atomic E-state index is 11.6. The predicted molar refractivity (Wildman–Crippen MR) is 68.6 cm³/mol. The van der Waals surface area contributed by atoms with E-state index in [0.29, 0.717) is 5.92 Å². The smallest absolute Gasteiger partial charge is 0.163 e. The zero-order chi connectivity index (χ0) is 12.6. The lowest BCUT2D eigenvalue weighted by Gasteiger charge is -2.18. The van der Waals surface area contributed by atoms with Crippen molar-refractivity contribution in [1.82, 2.24) is 0 Å². The SMILES string of the molecule is CCCCC(CC)COCC(=O)C(C)(C)C. The van der Waals surface area contributed by atoms with E-state index >= 15 is 0 Å². The first-order chi connectivity index (χ1) is 7.41. The topological polar surface area (TPSA) is 26.3 Å². The Bertz CT molecular complexity index is 191. The molecule has 1 atom stereocenters. The van der Waals surface area contributed by atoms with Gasteiger partial charge in [-0.05, 0) is 12.3 Å². The van der Waals surface area contributed by atoms with Gasteiger partial charge in [0, 0.05) is 12.0 Å². The van der Waals surface area contributed by atoms with Crippen LogP contribution in [0.2, 0.25) is 0 Å². The Morgan fingerprint density at radius 3 is 2.31 bits per heavy atom.